The Hall–Kier alpha value is -2.64. The smallest absolute Gasteiger partial charge is 0.0654 e. The summed E-state index contributed by atoms with van der Waals surface area (Å²) in [7, 11) is -2.77. The summed E-state index contributed by atoms with van der Waals surface area (Å²) in [5.74, 6) is 0.430. The molecule has 1 aliphatic rings. The lowest BCUT2D eigenvalue weighted by Gasteiger charge is -2.40. The van der Waals surface area contributed by atoms with E-state index in [1.165, 1.54) is 145 Å². The Morgan fingerprint density at radius 3 is 1.02 bits per heavy atom. The zero-order valence-electron chi connectivity index (χ0n) is 36.9. The number of rotatable bonds is 24. The number of aryl methyl sites for hydroxylation is 6. The monoisotopic (exact) mass is 745 g/mol. The lowest BCUT2D eigenvalue weighted by Crippen LogP contribution is -2.70. The van der Waals surface area contributed by atoms with Gasteiger partial charge in [-0.25, -0.2) is 0 Å². The highest BCUT2D eigenvalue weighted by Crippen LogP contribution is 2.42. The van der Waals surface area contributed by atoms with E-state index in [0.717, 1.165) is 0 Å². The number of unbranched alkanes of at least 4 members (excludes halogenated alkanes) is 12. The highest BCUT2D eigenvalue weighted by molar-refractivity contribution is 7.16. The molecule has 1 unspecified atom stereocenters. The van der Waals surface area contributed by atoms with Crippen molar-refractivity contribution in [2.45, 2.75) is 198 Å². The van der Waals surface area contributed by atoms with Gasteiger partial charge in [0, 0.05) is 0 Å². The fraction of sp³-hybridized carbons (Fsp3) is 0.585. The molecule has 296 valence electrons. The van der Waals surface area contributed by atoms with Crippen molar-refractivity contribution in [3.8, 4) is 0 Å². The van der Waals surface area contributed by atoms with Gasteiger partial charge in [0.25, 0.3) is 0 Å². The van der Waals surface area contributed by atoms with Gasteiger partial charge in [0.05, 0.1) is 0 Å². The van der Waals surface area contributed by atoms with Crippen LogP contribution in [0.1, 0.15) is 192 Å². The van der Waals surface area contributed by atoms with Gasteiger partial charge in [-0.3, -0.25) is 0 Å². The van der Waals surface area contributed by atoms with Crippen molar-refractivity contribution < 1.29 is 0 Å². The normalized spacial score (nSPS) is 14.9. The van der Waals surface area contributed by atoms with E-state index in [-0.39, 0.29) is 0 Å². The second kappa shape index (κ2) is 22.2. The summed E-state index contributed by atoms with van der Waals surface area (Å²) in [5, 5.41) is 6.65. The molecule has 0 radical (unpaired) electrons. The highest BCUT2D eigenvalue weighted by Gasteiger charge is 2.48. The number of benzene rings is 3. The van der Waals surface area contributed by atoms with Crippen LogP contribution in [0.4, 0.5) is 0 Å². The minimum atomic E-state index is -2.77. The maximum Gasteiger partial charge on any atom is 0.176 e. The summed E-state index contributed by atoms with van der Waals surface area (Å²) in [6.45, 7) is 23.9. The summed E-state index contributed by atoms with van der Waals surface area (Å²) < 4.78 is 0. The van der Waals surface area contributed by atoms with E-state index in [1.807, 2.05) is 0 Å². The lowest BCUT2D eigenvalue weighted by molar-refractivity contribution is 0.661. The van der Waals surface area contributed by atoms with Crippen LogP contribution in [-0.2, 0) is 25.7 Å². The lowest BCUT2D eigenvalue weighted by atomic mass is 10.0. The van der Waals surface area contributed by atoms with E-state index in [1.54, 1.807) is 54.2 Å². The van der Waals surface area contributed by atoms with E-state index in [2.05, 4.69) is 124 Å². The summed E-state index contributed by atoms with van der Waals surface area (Å²) >= 11 is 0. The molecule has 0 bridgehead atoms. The van der Waals surface area contributed by atoms with Crippen molar-refractivity contribution in [3.63, 3.8) is 0 Å². The molecule has 0 aliphatic heterocycles. The second-order valence-electron chi connectivity index (χ2n) is 17.5. The molecule has 1 atom stereocenters. The molecule has 0 N–H and O–H groups in total. The largest absolute Gasteiger partial charge is 0.176 e. The maximum atomic E-state index is 2.75. The van der Waals surface area contributed by atoms with E-state index >= 15 is 0 Å². The van der Waals surface area contributed by atoms with Crippen molar-refractivity contribution >= 4 is 23.6 Å². The molecule has 0 nitrogen and oxygen atoms in total. The molecule has 1 heteroatoms. The van der Waals surface area contributed by atoms with Gasteiger partial charge < -0.3 is 0 Å². The second-order valence-corrected chi connectivity index (χ2v) is 21.3. The van der Waals surface area contributed by atoms with Crippen LogP contribution in [-0.4, -0.2) is 8.07 Å². The zero-order valence-corrected chi connectivity index (χ0v) is 37.9. The van der Waals surface area contributed by atoms with Crippen molar-refractivity contribution in [3.05, 3.63) is 110 Å². The standard InChI is InChI=1S/C53H80Si/c1-11-15-19-23-27-46-34-47(28-24-20-16-12-2)37-51(36-46)54(50-32-40(5)31-41(6)33-50,53-44(9)42(7)43(8)45(53)10)52-38-48(29-25-21-17-13-3)35-49(39-52)30-26-22-18-14-4/h31-39,44H,11-30H2,1-10H3. The molecule has 0 fully saturated rings. The van der Waals surface area contributed by atoms with Gasteiger partial charge in [0.2, 0.25) is 0 Å². The Bertz CT molecular complexity index is 1530. The van der Waals surface area contributed by atoms with Crippen molar-refractivity contribution in [2.75, 3.05) is 0 Å². The van der Waals surface area contributed by atoms with Gasteiger partial charge >= 0.3 is 0 Å². The third-order valence-electron chi connectivity index (χ3n) is 12.9. The predicted molar refractivity (Wildman–Crippen MR) is 245 cm³/mol. The SMILES string of the molecule is CCCCCCc1cc(CCCCCC)cc([Si](C2=C(C)C(C)=C(C)C2C)(c2cc(C)cc(C)c2)c2cc(CCCCCC)cc(CCCCCC)c2)c1. The van der Waals surface area contributed by atoms with Crippen molar-refractivity contribution in [2.24, 2.45) is 5.92 Å². The molecule has 54 heavy (non-hydrogen) atoms. The first-order valence-corrected chi connectivity index (χ1v) is 24.8. The topological polar surface area (TPSA) is 0 Å². The van der Waals surface area contributed by atoms with Crippen LogP contribution in [0.25, 0.3) is 0 Å². The van der Waals surface area contributed by atoms with E-state index in [9.17, 15) is 0 Å². The Labute approximate surface area is 335 Å². The van der Waals surface area contributed by atoms with Crippen molar-refractivity contribution in [1.29, 1.82) is 0 Å². The van der Waals surface area contributed by atoms with E-state index in [0.29, 0.717) is 5.92 Å². The van der Waals surface area contributed by atoms with Gasteiger partial charge in [-0.05, 0) is 135 Å². The molecule has 4 rings (SSSR count). The van der Waals surface area contributed by atoms with Crippen molar-refractivity contribution in [1.82, 2.24) is 0 Å². The van der Waals surface area contributed by atoms with Crippen LogP contribution >= 0.6 is 0 Å². The number of hydrogen-bond donors (Lipinski definition) is 0. The molecule has 0 amide bonds. The molecule has 1 aliphatic carbocycles. The zero-order chi connectivity index (χ0) is 39.1. The first-order chi connectivity index (χ1) is 26.1. The number of hydrogen-bond acceptors (Lipinski definition) is 0. The van der Waals surface area contributed by atoms with E-state index in [4.69, 9.17) is 0 Å². The Morgan fingerprint density at radius 2 is 0.722 bits per heavy atom. The Kier molecular flexibility index (Phi) is 18.1. The van der Waals surface area contributed by atoms with Gasteiger partial charge in [0.1, 0.15) is 0 Å². The average molecular weight is 745 g/mol. The molecular formula is C53H80Si. The van der Waals surface area contributed by atoms with Gasteiger partial charge in [-0.2, -0.15) is 0 Å². The summed E-state index contributed by atoms with van der Waals surface area (Å²) in [6.07, 6.45) is 25.8. The summed E-state index contributed by atoms with van der Waals surface area (Å²) in [5.41, 5.74) is 13.8. The molecule has 0 heterocycles. The van der Waals surface area contributed by atoms with Gasteiger partial charge in [0.15, 0.2) is 8.07 Å². The van der Waals surface area contributed by atoms with E-state index < -0.39 is 8.07 Å². The summed E-state index contributed by atoms with van der Waals surface area (Å²) in [4.78, 5) is 0. The third kappa shape index (κ3) is 11.2. The van der Waals surface area contributed by atoms with Crippen LogP contribution in [0.3, 0.4) is 0 Å². The average Bonchev–Trinajstić information content (AvgIpc) is 3.34. The molecule has 3 aromatic rings. The predicted octanol–water partition coefficient (Wildman–Crippen LogP) is 14.1. The quantitative estimate of drug-likeness (QED) is 0.0487. The van der Waals surface area contributed by atoms with Crippen LogP contribution in [0.15, 0.2) is 76.5 Å². The first kappa shape index (κ1) is 44.1. The first-order valence-electron chi connectivity index (χ1n) is 22.8. The van der Waals surface area contributed by atoms with Crippen LogP contribution < -0.4 is 15.6 Å². The summed E-state index contributed by atoms with van der Waals surface area (Å²) in [6, 6.07) is 23.9. The Balaban J connectivity index is 2.12. The van der Waals surface area contributed by atoms with Crippen LogP contribution in [0, 0.1) is 19.8 Å². The van der Waals surface area contributed by atoms with Gasteiger partial charge in [-0.15, -0.1) is 0 Å². The fourth-order valence-corrected chi connectivity index (χ4v) is 15.7. The maximum absolute atomic E-state index is 2.77. The molecule has 0 spiro atoms. The minimum Gasteiger partial charge on any atom is -0.0654 e. The Morgan fingerprint density at radius 1 is 0.389 bits per heavy atom. The van der Waals surface area contributed by atoms with Crippen LogP contribution in [0.5, 0.6) is 0 Å². The fourth-order valence-electron chi connectivity index (χ4n) is 9.69. The molecule has 3 aromatic carbocycles. The van der Waals surface area contributed by atoms with Gasteiger partial charge in [-0.1, -0.05) is 194 Å². The number of allylic oxidation sites excluding steroid dienone is 4. The molecule has 0 saturated carbocycles. The third-order valence-corrected chi connectivity index (χ3v) is 18.0. The molecule has 0 aromatic heterocycles. The molecular weight excluding hydrogens is 665 g/mol. The minimum absolute atomic E-state index is 0.430. The van der Waals surface area contributed by atoms with Crippen LogP contribution in [0.2, 0.25) is 0 Å². The molecule has 0 saturated heterocycles. The highest BCUT2D eigenvalue weighted by atomic mass is 28.3.